The minimum atomic E-state index is -3.11. The number of ether oxygens (including phenoxy) is 10. The van der Waals surface area contributed by atoms with E-state index >= 15 is 0 Å². The lowest BCUT2D eigenvalue weighted by Crippen LogP contribution is -2.74. The standard InChI is InChI=1S/C43H78N6O29/c1-2-11(56)10(33(64)43(9-55)35(66)28(63)22(49)41(78-43)76-32-15(7-53)72-39(20(47)26(32)61)74-30-13(5-51)70-37(68)18(45)24(30)59)3-16(57)42(8-54)34(65)27(62)21(48)40(77-42)75-31-14(6-52)71-38(19(46)25(31)60)73-29-12(4-50)69-36(67)17(44)23(29)58/h10-15,17-32,34-41,50-56,58-63,65-68H,2-9,44-49H2,1H3/t10?,11?,12-,13-,14-,15-,17-,18-,19-,20-,21-,22-,23-,24-,25-,26-,27-,28-,29?,30?,31?,32?,34+,35+,36-,37-,38+,39+,40+,41+,42+,43+/m1/s1. The number of Topliss-reactive ketones (excluding diaryl/α,β-unsaturated/α-hetero) is 2. The van der Waals surface area contributed by atoms with E-state index < -0.39 is 253 Å². The van der Waals surface area contributed by atoms with Crippen molar-refractivity contribution in [3.05, 3.63) is 0 Å². The smallest absolute Gasteiger partial charge is 0.181 e. The molecule has 6 rings (SSSR count). The highest BCUT2D eigenvalue weighted by molar-refractivity contribution is 5.97. The van der Waals surface area contributed by atoms with Gasteiger partial charge in [0.25, 0.3) is 0 Å². The number of rotatable bonds is 21. The quantitative estimate of drug-likeness (QED) is 0.0507. The first-order valence-electron chi connectivity index (χ1n) is 25.0. The van der Waals surface area contributed by atoms with Gasteiger partial charge in [-0.25, -0.2) is 0 Å². The molecule has 29 N–H and O–H groups in total. The van der Waals surface area contributed by atoms with Crippen molar-refractivity contribution >= 4 is 11.6 Å². The second-order valence-corrected chi connectivity index (χ2v) is 20.3. The van der Waals surface area contributed by atoms with Crippen LogP contribution in [-0.2, 0) is 57.0 Å². The molecule has 35 heteroatoms. The van der Waals surface area contributed by atoms with E-state index in [9.17, 15) is 96.4 Å². The van der Waals surface area contributed by atoms with Crippen LogP contribution in [0, 0.1) is 5.92 Å². The molecule has 6 unspecified atom stereocenters. The first kappa shape index (κ1) is 65.2. The molecule has 6 fully saturated rings. The van der Waals surface area contributed by atoms with E-state index in [1.807, 2.05) is 0 Å². The molecule has 0 radical (unpaired) electrons. The van der Waals surface area contributed by atoms with Gasteiger partial charge in [-0.1, -0.05) is 6.92 Å². The van der Waals surface area contributed by atoms with Gasteiger partial charge in [0.2, 0.25) is 0 Å². The summed E-state index contributed by atoms with van der Waals surface area (Å²) in [5, 5.41) is 183. The van der Waals surface area contributed by atoms with Crippen molar-refractivity contribution in [2.45, 2.75) is 209 Å². The first-order chi connectivity index (χ1) is 36.7. The molecule has 0 amide bonds. The summed E-state index contributed by atoms with van der Waals surface area (Å²) in [5.74, 6) is -5.19. The Morgan fingerprint density at radius 1 is 0.462 bits per heavy atom. The van der Waals surface area contributed by atoms with E-state index in [1.165, 1.54) is 6.92 Å². The van der Waals surface area contributed by atoms with Gasteiger partial charge in [-0.05, 0) is 6.42 Å². The summed E-state index contributed by atoms with van der Waals surface area (Å²) in [4.78, 5) is 29.5. The molecule has 0 saturated carbocycles. The van der Waals surface area contributed by atoms with Crippen LogP contribution >= 0.6 is 0 Å². The fraction of sp³-hybridized carbons (Fsp3) is 0.953. The molecule has 35 nitrogen and oxygen atoms in total. The molecule has 6 saturated heterocycles. The lowest BCUT2D eigenvalue weighted by atomic mass is 9.73. The third-order valence-electron chi connectivity index (χ3n) is 15.5. The monoisotopic (exact) mass is 1140 g/mol. The summed E-state index contributed by atoms with van der Waals surface area (Å²) >= 11 is 0. The molecule has 0 spiro atoms. The Bertz CT molecular complexity index is 1940. The molecule has 32 atom stereocenters. The SMILES string of the molecule is CCC(O)C(CC(=O)[C@]1(CO)O[C@H](OC2[C@@H](CO)O[C@@H](OC3[C@@H](CO)O[C@@H](O)[C@H](N)[C@H]3O)[C@H](N)[C@H]2O)[C@H](N)[C@@H](O)[C@@H]1O)C(=O)[C@]1(CO)O[C@H](OC2[C@@H](CO)O[C@@H](OC3[C@@H](CO)O[C@@H](O)[C@H](N)[C@H]3O)[C@H](N)[C@H]2O)[C@H](N)[C@@H](O)[C@@H]1O. The van der Waals surface area contributed by atoms with Gasteiger partial charge in [0.1, 0.15) is 97.7 Å². The Morgan fingerprint density at radius 3 is 1.12 bits per heavy atom. The number of ketones is 2. The highest BCUT2D eigenvalue weighted by Crippen LogP contribution is 2.40. The molecular weight excluding hydrogens is 1060 g/mol. The second kappa shape index (κ2) is 26.7. The van der Waals surface area contributed by atoms with E-state index in [4.69, 9.17) is 81.8 Å². The van der Waals surface area contributed by atoms with Crippen molar-refractivity contribution in [3.8, 4) is 0 Å². The van der Waals surface area contributed by atoms with Crippen LogP contribution in [0.5, 0.6) is 0 Å². The fourth-order valence-electron chi connectivity index (χ4n) is 10.4. The van der Waals surface area contributed by atoms with Crippen LogP contribution in [0.25, 0.3) is 0 Å². The van der Waals surface area contributed by atoms with Crippen molar-refractivity contribution in [2.24, 2.45) is 40.3 Å². The Morgan fingerprint density at radius 2 is 0.769 bits per heavy atom. The molecule has 6 aliphatic heterocycles. The molecule has 0 bridgehead atoms. The van der Waals surface area contributed by atoms with Crippen molar-refractivity contribution in [3.63, 3.8) is 0 Å². The minimum Gasteiger partial charge on any atom is -0.394 e. The zero-order chi connectivity index (χ0) is 58.2. The number of aliphatic hydroxyl groups is 17. The minimum absolute atomic E-state index is 0.381. The molecule has 6 heterocycles. The zero-order valence-corrected chi connectivity index (χ0v) is 41.9. The Balaban J connectivity index is 1.21. The predicted molar refractivity (Wildman–Crippen MR) is 247 cm³/mol. The van der Waals surface area contributed by atoms with Crippen LogP contribution in [-0.4, -0.2) is 327 Å². The molecule has 0 aromatic carbocycles. The van der Waals surface area contributed by atoms with Gasteiger partial charge in [0, 0.05) is 6.42 Å². The van der Waals surface area contributed by atoms with E-state index in [0.717, 1.165) is 0 Å². The topological polar surface area (TPSA) is 626 Å². The number of hydrogen-bond donors (Lipinski definition) is 23. The number of aliphatic hydroxyl groups excluding tert-OH is 17. The molecule has 0 aliphatic carbocycles. The second-order valence-electron chi connectivity index (χ2n) is 20.3. The summed E-state index contributed by atoms with van der Waals surface area (Å²) in [6.07, 6.45) is -44.6. The molecule has 78 heavy (non-hydrogen) atoms. The van der Waals surface area contributed by atoms with Crippen LogP contribution in [0.2, 0.25) is 0 Å². The van der Waals surface area contributed by atoms with Crippen molar-refractivity contribution in [1.82, 2.24) is 0 Å². The van der Waals surface area contributed by atoms with Crippen LogP contribution in [0.15, 0.2) is 0 Å². The third-order valence-corrected chi connectivity index (χ3v) is 15.5. The molecule has 6 aliphatic rings. The highest BCUT2D eigenvalue weighted by atomic mass is 16.8. The largest absolute Gasteiger partial charge is 0.394 e. The van der Waals surface area contributed by atoms with Crippen molar-refractivity contribution < 1.29 is 144 Å². The molecule has 0 aromatic heterocycles. The van der Waals surface area contributed by atoms with Gasteiger partial charge in [-0.2, -0.15) is 0 Å². The van der Waals surface area contributed by atoms with Gasteiger partial charge < -0.3 is 169 Å². The number of carbonyl (C=O) groups is 2. The molecule has 0 aromatic rings. The maximum Gasteiger partial charge on any atom is 0.181 e. The van der Waals surface area contributed by atoms with Gasteiger partial charge >= 0.3 is 0 Å². The first-order valence-corrected chi connectivity index (χ1v) is 25.0. The highest BCUT2D eigenvalue weighted by Gasteiger charge is 2.64. The Hall–Kier alpha value is -1.98. The van der Waals surface area contributed by atoms with E-state index in [-0.39, 0.29) is 6.42 Å². The van der Waals surface area contributed by atoms with Crippen LogP contribution in [0.1, 0.15) is 19.8 Å². The maximum absolute atomic E-state index is 14.9. The third kappa shape index (κ3) is 12.2. The average Bonchev–Trinajstić information content (AvgIpc) is 3.48. The normalized spacial score (nSPS) is 50.2. The fourth-order valence-corrected chi connectivity index (χ4v) is 10.4. The lowest BCUT2D eigenvalue weighted by molar-refractivity contribution is -0.356. The summed E-state index contributed by atoms with van der Waals surface area (Å²) in [5.41, 5.74) is 30.3. The van der Waals surface area contributed by atoms with Crippen LogP contribution < -0.4 is 34.4 Å². The summed E-state index contributed by atoms with van der Waals surface area (Å²) in [7, 11) is 0. The van der Waals surface area contributed by atoms with Crippen molar-refractivity contribution in [1.29, 1.82) is 0 Å². The number of carbonyl (C=O) groups excluding carboxylic acids is 2. The van der Waals surface area contributed by atoms with Gasteiger partial charge in [-0.15, -0.1) is 0 Å². The average molecular weight is 1140 g/mol. The molecular formula is C43H78N6O29. The summed E-state index contributed by atoms with van der Waals surface area (Å²) in [6.45, 7) is -5.41. The summed E-state index contributed by atoms with van der Waals surface area (Å²) < 4.78 is 56.8. The number of nitrogens with two attached hydrogens (primary N) is 6. The van der Waals surface area contributed by atoms with Gasteiger partial charge in [0.05, 0.1) is 87.9 Å². The summed E-state index contributed by atoms with van der Waals surface area (Å²) in [6, 6.07) is -9.98. The predicted octanol–water partition coefficient (Wildman–Crippen LogP) is -15.7. The Kier molecular flexibility index (Phi) is 22.3. The van der Waals surface area contributed by atoms with Crippen LogP contribution in [0.3, 0.4) is 0 Å². The van der Waals surface area contributed by atoms with E-state index in [1.54, 1.807) is 0 Å². The number of hydrogen-bond acceptors (Lipinski definition) is 35. The molecule has 454 valence electrons. The van der Waals surface area contributed by atoms with Crippen molar-refractivity contribution in [2.75, 3.05) is 39.6 Å². The van der Waals surface area contributed by atoms with E-state index in [2.05, 4.69) is 0 Å². The van der Waals surface area contributed by atoms with Gasteiger partial charge in [-0.3, -0.25) is 9.59 Å². The zero-order valence-electron chi connectivity index (χ0n) is 41.9. The van der Waals surface area contributed by atoms with E-state index in [0.29, 0.717) is 0 Å². The van der Waals surface area contributed by atoms with Crippen LogP contribution in [0.4, 0.5) is 0 Å². The lowest BCUT2D eigenvalue weighted by Gasteiger charge is -2.51. The maximum atomic E-state index is 14.9. The Labute approximate surface area is 443 Å². The van der Waals surface area contributed by atoms with Gasteiger partial charge in [0.15, 0.2) is 60.5 Å².